The summed E-state index contributed by atoms with van der Waals surface area (Å²) >= 11 is 0. The Labute approximate surface area is 165 Å². The third-order valence-corrected chi connectivity index (χ3v) is 7.55. The molecule has 28 heavy (non-hydrogen) atoms. The second-order valence-corrected chi connectivity index (χ2v) is 9.29. The first-order valence-electron chi connectivity index (χ1n) is 10.4. The largest absolute Gasteiger partial charge is 0.497 e. The number of methoxy groups -OCH3 is 1. The maximum absolute atomic E-state index is 12.8. The SMILES string of the molecule is COc1ccc(C2CC3(CCN(C(=O)[C@H]4C[C@]5(COC(=O)N5)C4)CC3)C2)cc1. The fourth-order valence-electron chi connectivity index (χ4n) is 5.74. The number of cyclic esters (lactones) is 1. The number of nitrogens with zero attached hydrogens (tertiary/aromatic N) is 1. The maximum Gasteiger partial charge on any atom is 0.407 e. The molecule has 2 saturated carbocycles. The van der Waals surface area contributed by atoms with E-state index in [0.29, 0.717) is 17.9 Å². The highest BCUT2D eigenvalue weighted by Crippen LogP contribution is 2.57. The number of piperidine rings is 1. The number of likely N-dealkylation sites (tertiary alicyclic amines) is 1. The Hall–Kier alpha value is -2.24. The third-order valence-electron chi connectivity index (χ3n) is 7.55. The van der Waals surface area contributed by atoms with Crippen molar-refractivity contribution in [2.45, 2.75) is 50.0 Å². The number of hydrogen-bond acceptors (Lipinski definition) is 4. The Bertz CT molecular complexity index is 768. The first-order valence-corrected chi connectivity index (χ1v) is 10.4. The summed E-state index contributed by atoms with van der Waals surface area (Å²) in [6, 6.07) is 8.47. The molecular formula is C22H28N2O4. The van der Waals surface area contributed by atoms with Gasteiger partial charge < -0.3 is 19.7 Å². The molecule has 2 saturated heterocycles. The van der Waals surface area contributed by atoms with E-state index >= 15 is 0 Å². The Morgan fingerprint density at radius 2 is 1.82 bits per heavy atom. The molecule has 6 heteroatoms. The van der Waals surface area contributed by atoms with E-state index in [-0.39, 0.29) is 23.5 Å². The Morgan fingerprint density at radius 1 is 1.14 bits per heavy atom. The molecule has 2 heterocycles. The fourth-order valence-corrected chi connectivity index (χ4v) is 5.74. The molecule has 4 fully saturated rings. The molecule has 1 aromatic rings. The quantitative estimate of drug-likeness (QED) is 0.870. The lowest BCUT2D eigenvalue weighted by Crippen LogP contribution is -2.59. The van der Waals surface area contributed by atoms with E-state index in [2.05, 4.69) is 22.3 Å². The van der Waals surface area contributed by atoms with Gasteiger partial charge in [-0.1, -0.05) is 12.1 Å². The normalized spacial score (nSPS) is 27.7. The van der Waals surface area contributed by atoms with Crippen molar-refractivity contribution >= 4 is 12.0 Å². The summed E-state index contributed by atoms with van der Waals surface area (Å²) in [6.45, 7) is 2.16. The van der Waals surface area contributed by atoms with Gasteiger partial charge in [-0.2, -0.15) is 0 Å². The van der Waals surface area contributed by atoms with Crippen LogP contribution in [0.2, 0.25) is 0 Å². The molecule has 2 aliphatic heterocycles. The molecule has 0 aromatic heterocycles. The van der Waals surface area contributed by atoms with Gasteiger partial charge in [0.2, 0.25) is 5.91 Å². The number of amides is 2. The van der Waals surface area contributed by atoms with E-state index in [1.165, 1.54) is 18.4 Å². The number of ether oxygens (including phenoxy) is 2. The van der Waals surface area contributed by atoms with Crippen LogP contribution in [0.1, 0.15) is 50.0 Å². The summed E-state index contributed by atoms with van der Waals surface area (Å²) in [7, 11) is 1.70. The highest BCUT2D eigenvalue weighted by Gasteiger charge is 2.54. The van der Waals surface area contributed by atoms with Crippen molar-refractivity contribution in [3.63, 3.8) is 0 Å². The van der Waals surface area contributed by atoms with Gasteiger partial charge in [0, 0.05) is 19.0 Å². The minimum Gasteiger partial charge on any atom is -0.497 e. The van der Waals surface area contributed by atoms with Gasteiger partial charge in [0.05, 0.1) is 12.6 Å². The van der Waals surface area contributed by atoms with E-state index in [4.69, 9.17) is 9.47 Å². The van der Waals surface area contributed by atoms with Gasteiger partial charge in [-0.15, -0.1) is 0 Å². The van der Waals surface area contributed by atoms with Crippen LogP contribution in [0.15, 0.2) is 24.3 Å². The summed E-state index contributed by atoms with van der Waals surface area (Å²) in [4.78, 5) is 26.1. The lowest BCUT2D eigenvalue weighted by molar-refractivity contribution is -0.144. The van der Waals surface area contributed by atoms with Gasteiger partial charge in [-0.05, 0) is 67.6 Å². The van der Waals surface area contributed by atoms with Gasteiger partial charge in [0.1, 0.15) is 12.4 Å². The summed E-state index contributed by atoms with van der Waals surface area (Å²) < 4.78 is 10.3. The molecule has 1 aromatic carbocycles. The molecule has 0 atom stereocenters. The number of hydrogen-bond donors (Lipinski definition) is 1. The van der Waals surface area contributed by atoms with E-state index in [1.54, 1.807) is 7.11 Å². The van der Waals surface area contributed by atoms with Crippen molar-refractivity contribution < 1.29 is 19.1 Å². The predicted octanol–water partition coefficient (Wildman–Crippen LogP) is 3.07. The molecule has 6 nitrogen and oxygen atoms in total. The van der Waals surface area contributed by atoms with Crippen molar-refractivity contribution in [1.29, 1.82) is 0 Å². The summed E-state index contributed by atoms with van der Waals surface area (Å²) in [6.07, 6.45) is 5.79. The van der Waals surface area contributed by atoms with Crippen LogP contribution in [0.4, 0.5) is 4.79 Å². The van der Waals surface area contributed by atoms with E-state index in [0.717, 1.165) is 44.5 Å². The Morgan fingerprint density at radius 3 is 2.39 bits per heavy atom. The molecule has 2 aliphatic carbocycles. The number of nitrogens with one attached hydrogen (secondary N) is 1. The zero-order valence-corrected chi connectivity index (χ0v) is 16.4. The Kier molecular flexibility index (Phi) is 4.07. The average Bonchev–Trinajstić information content (AvgIpc) is 3.07. The Balaban J connectivity index is 1.10. The molecule has 2 amide bonds. The van der Waals surface area contributed by atoms with Gasteiger partial charge in [0.25, 0.3) is 0 Å². The lowest BCUT2D eigenvalue weighted by atomic mass is 9.56. The number of carbonyl (C=O) groups excluding carboxylic acids is 2. The molecule has 0 unspecified atom stereocenters. The van der Waals surface area contributed by atoms with Crippen molar-refractivity contribution in [2.24, 2.45) is 11.3 Å². The minimum atomic E-state index is -0.345. The summed E-state index contributed by atoms with van der Waals surface area (Å²) in [5.41, 5.74) is 1.56. The van der Waals surface area contributed by atoms with Crippen LogP contribution < -0.4 is 10.1 Å². The van der Waals surface area contributed by atoms with Crippen molar-refractivity contribution in [3.8, 4) is 5.75 Å². The lowest BCUT2D eigenvalue weighted by Gasteiger charge is -2.53. The second kappa shape index (κ2) is 6.39. The molecule has 2 spiro atoms. The maximum atomic E-state index is 12.8. The van der Waals surface area contributed by atoms with Crippen molar-refractivity contribution in [3.05, 3.63) is 29.8 Å². The highest BCUT2D eigenvalue weighted by atomic mass is 16.6. The molecule has 5 rings (SSSR count). The zero-order valence-electron chi connectivity index (χ0n) is 16.4. The van der Waals surface area contributed by atoms with Crippen LogP contribution in [0, 0.1) is 11.3 Å². The number of rotatable bonds is 3. The molecule has 1 N–H and O–H groups in total. The van der Waals surface area contributed by atoms with Gasteiger partial charge in [-0.25, -0.2) is 4.79 Å². The minimum absolute atomic E-state index is 0.0458. The predicted molar refractivity (Wildman–Crippen MR) is 103 cm³/mol. The van der Waals surface area contributed by atoms with Gasteiger partial charge >= 0.3 is 6.09 Å². The fraction of sp³-hybridized carbons (Fsp3) is 0.636. The van der Waals surface area contributed by atoms with E-state index in [1.807, 2.05) is 12.1 Å². The topological polar surface area (TPSA) is 67.9 Å². The van der Waals surface area contributed by atoms with E-state index < -0.39 is 0 Å². The van der Waals surface area contributed by atoms with Crippen molar-refractivity contribution in [1.82, 2.24) is 10.2 Å². The summed E-state index contributed by atoms with van der Waals surface area (Å²) in [5, 5.41) is 2.87. The summed E-state index contributed by atoms with van der Waals surface area (Å²) in [5.74, 6) is 1.87. The number of carbonyl (C=O) groups is 2. The van der Waals surface area contributed by atoms with Gasteiger partial charge in [-0.3, -0.25) is 4.79 Å². The van der Waals surface area contributed by atoms with Crippen LogP contribution in [-0.4, -0.2) is 49.2 Å². The molecular weight excluding hydrogens is 356 g/mol. The molecule has 150 valence electrons. The first kappa shape index (κ1) is 17.8. The smallest absolute Gasteiger partial charge is 0.407 e. The highest BCUT2D eigenvalue weighted by molar-refractivity contribution is 5.81. The number of benzene rings is 1. The zero-order chi connectivity index (χ0) is 19.4. The second-order valence-electron chi connectivity index (χ2n) is 9.29. The first-order chi connectivity index (χ1) is 13.5. The van der Waals surface area contributed by atoms with E-state index in [9.17, 15) is 9.59 Å². The van der Waals surface area contributed by atoms with Crippen LogP contribution in [0.5, 0.6) is 5.75 Å². The molecule has 0 bridgehead atoms. The third kappa shape index (κ3) is 2.93. The number of alkyl carbamates (subject to hydrolysis) is 1. The van der Waals surface area contributed by atoms with Crippen LogP contribution in [-0.2, 0) is 9.53 Å². The standard InChI is InChI=1S/C22H28N2O4/c1-27-18-4-2-15(3-5-18)16-10-21(11-16)6-8-24(9-7-21)19(25)17-12-22(13-17)14-28-20(26)23-22/h2-5,16-17H,6-14H2,1H3,(H,23,26)/t17-,22+. The van der Waals surface area contributed by atoms with Crippen LogP contribution in [0.3, 0.4) is 0 Å². The van der Waals surface area contributed by atoms with Crippen LogP contribution in [0.25, 0.3) is 0 Å². The molecule has 4 aliphatic rings. The van der Waals surface area contributed by atoms with Crippen molar-refractivity contribution in [2.75, 3.05) is 26.8 Å². The van der Waals surface area contributed by atoms with Gasteiger partial charge in [0.15, 0.2) is 0 Å². The monoisotopic (exact) mass is 384 g/mol. The molecule has 0 radical (unpaired) electrons. The van der Waals surface area contributed by atoms with Crippen LogP contribution >= 0.6 is 0 Å². The average molecular weight is 384 g/mol.